The Kier molecular flexibility index (Phi) is 4.57. The number of carbonyl (C=O) groups is 1. The molecule has 2 N–H and O–H groups in total. The SMILES string of the molecule is Cn1cc(C(=O)NCc2nc(-c3ccc(F)cc3)cs2)c(=O)[nH]c1=O. The molecule has 0 spiro atoms. The Morgan fingerprint density at radius 1 is 1.32 bits per heavy atom. The van der Waals surface area contributed by atoms with E-state index in [-0.39, 0.29) is 17.9 Å². The highest BCUT2D eigenvalue weighted by molar-refractivity contribution is 7.09. The van der Waals surface area contributed by atoms with Crippen LogP contribution in [0.2, 0.25) is 0 Å². The molecular weight excluding hydrogens is 347 g/mol. The molecule has 0 aliphatic heterocycles. The van der Waals surface area contributed by atoms with E-state index in [4.69, 9.17) is 0 Å². The van der Waals surface area contributed by atoms with E-state index in [0.717, 1.165) is 10.1 Å². The Morgan fingerprint density at radius 2 is 2.04 bits per heavy atom. The summed E-state index contributed by atoms with van der Waals surface area (Å²) < 4.78 is 14.1. The zero-order chi connectivity index (χ0) is 18.0. The Hall–Kier alpha value is -3.07. The molecule has 3 rings (SSSR count). The lowest BCUT2D eigenvalue weighted by molar-refractivity contribution is 0.0948. The number of rotatable bonds is 4. The molecule has 0 aliphatic carbocycles. The molecule has 0 radical (unpaired) electrons. The lowest BCUT2D eigenvalue weighted by Crippen LogP contribution is -2.35. The maximum Gasteiger partial charge on any atom is 0.328 e. The number of benzene rings is 1. The summed E-state index contributed by atoms with van der Waals surface area (Å²) in [6, 6.07) is 5.94. The third-order valence-corrected chi connectivity index (χ3v) is 4.29. The Morgan fingerprint density at radius 3 is 2.76 bits per heavy atom. The number of carbonyl (C=O) groups excluding carboxylic acids is 1. The van der Waals surface area contributed by atoms with Crippen LogP contribution in [0.15, 0.2) is 45.4 Å². The highest BCUT2D eigenvalue weighted by atomic mass is 32.1. The number of H-pyrrole nitrogens is 1. The summed E-state index contributed by atoms with van der Waals surface area (Å²) in [5, 5.41) is 5.02. The number of nitrogens with zero attached hydrogens (tertiary/aromatic N) is 2. The molecule has 2 heterocycles. The molecule has 0 unspecified atom stereocenters. The van der Waals surface area contributed by atoms with Gasteiger partial charge in [0.25, 0.3) is 11.5 Å². The van der Waals surface area contributed by atoms with E-state index in [2.05, 4.69) is 15.3 Å². The normalized spacial score (nSPS) is 10.6. The Balaban J connectivity index is 1.71. The molecule has 1 aromatic carbocycles. The van der Waals surface area contributed by atoms with Gasteiger partial charge >= 0.3 is 5.69 Å². The molecule has 2 aromatic heterocycles. The minimum atomic E-state index is -0.744. The van der Waals surface area contributed by atoms with Crippen molar-refractivity contribution >= 4 is 17.2 Å². The number of hydrogen-bond acceptors (Lipinski definition) is 5. The molecule has 7 nitrogen and oxygen atoms in total. The second-order valence-electron chi connectivity index (χ2n) is 5.23. The molecule has 0 saturated carbocycles. The third-order valence-electron chi connectivity index (χ3n) is 3.44. The van der Waals surface area contributed by atoms with E-state index in [9.17, 15) is 18.8 Å². The van der Waals surface area contributed by atoms with E-state index in [1.54, 1.807) is 17.5 Å². The third kappa shape index (κ3) is 3.72. The number of hydrogen-bond donors (Lipinski definition) is 2. The zero-order valence-corrected chi connectivity index (χ0v) is 13.9. The number of aromatic amines is 1. The van der Waals surface area contributed by atoms with Gasteiger partial charge in [0.1, 0.15) is 16.4 Å². The maximum absolute atomic E-state index is 12.9. The van der Waals surface area contributed by atoms with Gasteiger partial charge < -0.3 is 9.88 Å². The molecule has 3 aromatic rings. The number of thiazole rings is 1. The van der Waals surface area contributed by atoms with Gasteiger partial charge in [-0.05, 0) is 24.3 Å². The lowest BCUT2D eigenvalue weighted by Gasteiger charge is -2.04. The van der Waals surface area contributed by atoms with Crippen LogP contribution in [0.25, 0.3) is 11.3 Å². The molecule has 0 saturated heterocycles. The summed E-state index contributed by atoms with van der Waals surface area (Å²) in [6.45, 7) is 0.132. The first-order valence-corrected chi connectivity index (χ1v) is 8.10. The van der Waals surface area contributed by atoms with Gasteiger partial charge in [-0.25, -0.2) is 14.2 Å². The summed E-state index contributed by atoms with van der Waals surface area (Å²) in [6.07, 6.45) is 1.18. The van der Waals surface area contributed by atoms with E-state index in [1.165, 1.54) is 36.7 Å². The zero-order valence-electron chi connectivity index (χ0n) is 13.1. The standard InChI is InChI=1S/C16H13FN4O3S/c1-21-7-11(15(23)20-16(21)24)14(22)18-6-13-19-12(8-25-13)9-2-4-10(17)5-3-9/h2-5,7-8H,6H2,1H3,(H,18,22)(H,20,23,24). The highest BCUT2D eigenvalue weighted by Crippen LogP contribution is 2.22. The molecule has 0 aliphatic rings. The number of nitrogens with one attached hydrogen (secondary N) is 2. The molecule has 0 bridgehead atoms. The van der Waals surface area contributed by atoms with Gasteiger partial charge in [-0.2, -0.15) is 0 Å². The van der Waals surface area contributed by atoms with Crippen LogP contribution in [0.3, 0.4) is 0 Å². The maximum atomic E-state index is 12.9. The summed E-state index contributed by atoms with van der Waals surface area (Å²) in [7, 11) is 1.44. The van der Waals surface area contributed by atoms with Crippen molar-refractivity contribution in [2.75, 3.05) is 0 Å². The molecule has 0 fully saturated rings. The first-order chi connectivity index (χ1) is 11.9. The summed E-state index contributed by atoms with van der Waals surface area (Å²) >= 11 is 1.33. The molecule has 0 atom stereocenters. The van der Waals surface area contributed by atoms with Gasteiger partial charge in [0, 0.05) is 24.2 Å². The second-order valence-corrected chi connectivity index (χ2v) is 6.17. The van der Waals surface area contributed by atoms with Crippen LogP contribution in [0.4, 0.5) is 4.39 Å². The minimum absolute atomic E-state index is 0.132. The van der Waals surface area contributed by atoms with Crippen molar-refractivity contribution in [2.45, 2.75) is 6.54 Å². The van der Waals surface area contributed by atoms with Crippen molar-refractivity contribution in [3.8, 4) is 11.3 Å². The summed E-state index contributed by atoms with van der Waals surface area (Å²) in [5.74, 6) is -0.927. The summed E-state index contributed by atoms with van der Waals surface area (Å²) in [4.78, 5) is 41.5. The van der Waals surface area contributed by atoms with Crippen LogP contribution >= 0.6 is 11.3 Å². The van der Waals surface area contributed by atoms with Gasteiger partial charge in [0.2, 0.25) is 0 Å². The van der Waals surface area contributed by atoms with Crippen molar-refractivity contribution in [3.05, 3.63) is 73.1 Å². The van der Waals surface area contributed by atoms with Crippen LogP contribution in [0.5, 0.6) is 0 Å². The fourth-order valence-electron chi connectivity index (χ4n) is 2.12. The quantitative estimate of drug-likeness (QED) is 0.732. The number of aryl methyl sites for hydroxylation is 1. The van der Waals surface area contributed by atoms with Gasteiger partial charge in [-0.3, -0.25) is 14.6 Å². The molecule has 25 heavy (non-hydrogen) atoms. The number of halogens is 1. The van der Waals surface area contributed by atoms with Gasteiger partial charge in [0.05, 0.1) is 12.2 Å². The molecule has 9 heteroatoms. The molecular formula is C16H13FN4O3S. The van der Waals surface area contributed by atoms with Crippen molar-refractivity contribution in [3.63, 3.8) is 0 Å². The Bertz CT molecular complexity index is 1040. The van der Waals surface area contributed by atoms with Crippen LogP contribution in [-0.2, 0) is 13.6 Å². The van der Waals surface area contributed by atoms with Crippen molar-refractivity contribution in [1.29, 1.82) is 0 Å². The van der Waals surface area contributed by atoms with Crippen molar-refractivity contribution < 1.29 is 9.18 Å². The highest BCUT2D eigenvalue weighted by Gasteiger charge is 2.13. The van der Waals surface area contributed by atoms with Crippen LogP contribution in [0.1, 0.15) is 15.4 Å². The minimum Gasteiger partial charge on any atom is -0.345 e. The van der Waals surface area contributed by atoms with E-state index in [0.29, 0.717) is 10.7 Å². The van der Waals surface area contributed by atoms with E-state index < -0.39 is 17.2 Å². The predicted octanol–water partition coefficient (Wildman–Crippen LogP) is 1.27. The average Bonchev–Trinajstić information content (AvgIpc) is 3.05. The smallest absolute Gasteiger partial charge is 0.328 e. The topological polar surface area (TPSA) is 96.8 Å². The molecule has 128 valence electrons. The van der Waals surface area contributed by atoms with Crippen molar-refractivity contribution in [2.24, 2.45) is 7.05 Å². The fraction of sp³-hybridized carbons (Fsp3) is 0.125. The van der Waals surface area contributed by atoms with E-state index in [1.807, 2.05) is 0 Å². The Labute approximate surface area is 144 Å². The predicted molar refractivity (Wildman–Crippen MR) is 91.0 cm³/mol. The van der Waals surface area contributed by atoms with Crippen LogP contribution < -0.4 is 16.6 Å². The second kappa shape index (κ2) is 6.81. The van der Waals surface area contributed by atoms with Crippen molar-refractivity contribution in [1.82, 2.24) is 19.9 Å². The van der Waals surface area contributed by atoms with Crippen LogP contribution in [-0.4, -0.2) is 20.4 Å². The van der Waals surface area contributed by atoms with Gasteiger partial charge in [0.15, 0.2) is 0 Å². The monoisotopic (exact) mass is 360 g/mol. The van der Waals surface area contributed by atoms with Gasteiger partial charge in [-0.1, -0.05) is 0 Å². The first-order valence-electron chi connectivity index (χ1n) is 7.22. The van der Waals surface area contributed by atoms with E-state index >= 15 is 0 Å². The lowest BCUT2D eigenvalue weighted by atomic mass is 10.2. The van der Waals surface area contributed by atoms with Gasteiger partial charge in [-0.15, -0.1) is 11.3 Å². The van der Waals surface area contributed by atoms with Crippen LogP contribution in [0, 0.1) is 5.82 Å². The molecule has 1 amide bonds. The summed E-state index contributed by atoms with van der Waals surface area (Å²) in [5.41, 5.74) is -0.0477. The number of aromatic nitrogens is 3. The largest absolute Gasteiger partial charge is 0.345 e. The first kappa shape index (κ1) is 16.8. The average molecular weight is 360 g/mol. The fourth-order valence-corrected chi connectivity index (χ4v) is 2.86. The number of amides is 1.